The highest BCUT2D eigenvalue weighted by Gasteiger charge is 2.39. The third-order valence-electron chi connectivity index (χ3n) is 6.45. The molecule has 4 heteroatoms. The predicted molar refractivity (Wildman–Crippen MR) is 124 cm³/mol. The van der Waals surface area contributed by atoms with Crippen molar-refractivity contribution < 1.29 is 4.79 Å². The van der Waals surface area contributed by atoms with Gasteiger partial charge >= 0.3 is 0 Å². The Morgan fingerprint density at radius 3 is 2.38 bits per heavy atom. The molecule has 29 heavy (non-hydrogen) atoms. The fourth-order valence-electron chi connectivity index (χ4n) is 4.78. The van der Waals surface area contributed by atoms with Gasteiger partial charge in [0.2, 0.25) is 0 Å². The number of anilines is 1. The molecule has 2 bridgehead atoms. The van der Waals surface area contributed by atoms with Gasteiger partial charge in [0.15, 0.2) is 10.9 Å². The molecular weight excluding hydrogens is 376 g/mol. The second-order valence-electron chi connectivity index (χ2n) is 9.62. The highest BCUT2D eigenvalue weighted by Crippen LogP contribution is 2.44. The van der Waals surface area contributed by atoms with Crippen molar-refractivity contribution >= 4 is 28.8 Å². The second kappa shape index (κ2) is 7.91. The van der Waals surface area contributed by atoms with E-state index in [2.05, 4.69) is 31.4 Å². The summed E-state index contributed by atoms with van der Waals surface area (Å²) in [5, 5.41) is 7.42. The van der Waals surface area contributed by atoms with Crippen LogP contribution in [0, 0.1) is 11.8 Å². The Hall–Kier alpha value is -2.20. The number of carbonyl (C=O) groups excluding carboxylic acids is 1. The number of ketones is 1. The number of hydrogen-bond acceptors (Lipinski definition) is 2. The summed E-state index contributed by atoms with van der Waals surface area (Å²) in [6.45, 7) is 6.52. The van der Waals surface area contributed by atoms with Crippen LogP contribution in [-0.2, 0) is 5.41 Å². The van der Waals surface area contributed by atoms with Crippen LogP contribution in [0.3, 0.4) is 0 Å². The standard InChI is InChI=1S/C25H30N2OS/c1-25(2,3)20-11-9-17(10-12-20)23(28)19-5-4-6-21(15-19)26-24(29)27-22-14-16-7-8-18(22)13-16/h4-6,9-12,15-16,18,22H,7-8,13-14H2,1-3H3,(H2,26,27,29)/t16-,18+,22+/m0/s1. The molecule has 2 aliphatic rings. The van der Waals surface area contributed by atoms with E-state index >= 15 is 0 Å². The van der Waals surface area contributed by atoms with Crippen LogP contribution in [0.25, 0.3) is 0 Å². The first kappa shape index (κ1) is 20.1. The van der Waals surface area contributed by atoms with Crippen LogP contribution >= 0.6 is 12.2 Å². The van der Waals surface area contributed by atoms with Gasteiger partial charge in [0.05, 0.1) is 0 Å². The third kappa shape index (κ3) is 4.53. The number of benzene rings is 2. The van der Waals surface area contributed by atoms with E-state index < -0.39 is 0 Å². The maximum atomic E-state index is 12.9. The molecule has 2 aromatic rings. The first-order valence-corrected chi connectivity index (χ1v) is 11.0. The van der Waals surface area contributed by atoms with E-state index in [1.54, 1.807) is 0 Å². The quantitative estimate of drug-likeness (QED) is 0.505. The fourth-order valence-corrected chi connectivity index (χ4v) is 5.05. The van der Waals surface area contributed by atoms with Gasteiger partial charge in [-0.3, -0.25) is 4.79 Å². The average molecular weight is 407 g/mol. The highest BCUT2D eigenvalue weighted by molar-refractivity contribution is 7.80. The third-order valence-corrected chi connectivity index (χ3v) is 6.67. The summed E-state index contributed by atoms with van der Waals surface area (Å²) in [6, 6.07) is 16.0. The largest absolute Gasteiger partial charge is 0.359 e. The van der Waals surface area contributed by atoms with Crippen molar-refractivity contribution in [1.82, 2.24) is 5.32 Å². The van der Waals surface area contributed by atoms with Gasteiger partial charge in [-0.1, -0.05) is 63.6 Å². The van der Waals surface area contributed by atoms with E-state index in [1.165, 1.54) is 31.2 Å². The number of rotatable bonds is 4. The van der Waals surface area contributed by atoms with Crippen LogP contribution < -0.4 is 10.6 Å². The summed E-state index contributed by atoms with van der Waals surface area (Å²) in [7, 11) is 0. The number of nitrogens with one attached hydrogen (secondary N) is 2. The van der Waals surface area contributed by atoms with Crippen molar-refractivity contribution in [2.75, 3.05) is 5.32 Å². The van der Waals surface area contributed by atoms with Crippen molar-refractivity contribution in [2.45, 2.75) is 57.9 Å². The Morgan fingerprint density at radius 1 is 1.00 bits per heavy atom. The van der Waals surface area contributed by atoms with Gasteiger partial charge in [0.25, 0.3) is 0 Å². The average Bonchev–Trinajstić information content (AvgIpc) is 3.30. The Labute approximate surface area is 179 Å². The number of thiocarbonyl (C=S) groups is 1. The Morgan fingerprint density at radius 2 is 1.76 bits per heavy atom. The maximum Gasteiger partial charge on any atom is 0.193 e. The molecule has 4 rings (SSSR count). The van der Waals surface area contributed by atoms with Gasteiger partial charge in [-0.15, -0.1) is 0 Å². The van der Waals surface area contributed by atoms with Crippen LogP contribution in [0.2, 0.25) is 0 Å². The molecule has 0 radical (unpaired) electrons. The summed E-state index contributed by atoms with van der Waals surface area (Å²) in [5.74, 6) is 1.68. The zero-order valence-corrected chi connectivity index (χ0v) is 18.3. The summed E-state index contributed by atoms with van der Waals surface area (Å²) in [4.78, 5) is 12.9. The van der Waals surface area contributed by atoms with E-state index in [9.17, 15) is 4.79 Å². The molecule has 2 saturated carbocycles. The van der Waals surface area contributed by atoms with Crippen LogP contribution in [0.1, 0.15) is 67.9 Å². The van der Waals surface area contributed by atoms with Gasteiger partial charge in [-0.05, 0) is 66.4 Å². The molecule has 152 valence electrons. The van der Waals surface area contributed by atoms with E-state index in [1.807, 2.05) is 48.5 Å². The molecule has 2 aliphatic carbocycles. The molecule has 0 aromatic heterocycles. The lowest BCUT2D eigenvalue weighted by molar-refractivity contribution is 0.103. The molecule has 0 aliphatic heterocycles. The van der Waals surface area contributed by atoms with Crippen molar-refractivity contribution in [1.29, 1.82) is 0 Å². The summed E-state index contributed by atoms with van der Waals surface area (Å²) in [6.07, 6.45) is 5.28. The molecule has 3 atom stereocenters. The minimum absolute atomic E-state index is 0.0288. The Kier molecular flexibility index (Phi) is 5.48. The monoisotopic (exact) mass is 406 g/mol. The number of hydrogen-bond donors (Lipinski definition) is 2. The summed E-state index contributed by atoms with van der Waals surface area (Å²) < 4.78 is 0. The van der Waals surface area contributed by atoms with Crippen LogP contribution in [0.4, 0.5) is 5.69 Å². The van der Waals surface area contributed by atoms with Crippen LogP contribution in [0.5, 0.6) is 0 Å². The van der Waals surface area contributed by atoms with Crippen molar-refractivity contribution in [3.63, 3.8) is 0 Å². The van der Waals surface area contributed by atoms with E-state index in [-0.39, 0.29) is 11.2 Å². The van der Waals surface area contributed by atoms with Gasteiger partial charge in [-0.25, -0.2) is 0 Å². The minimum Gasteiger partial charge on any atom is -0.359 e. The van der Waals surface area contributed by atoms with Gasteiger partial charge in [0, 0.05) is 22.9 Å². The molecule has 3 nitrogen and oxygen atoms in total. The number of fused-ring (bicyclic) bond motifs is 2. The molecular formula is C25H30N2OS. The van der Waals surface area contributed by atoms with E-state index in [0.717, 1.165) is 17.5 Å². The number of carbonyl (C=O) groups is 1. The van der Waals surface area contributed by atoms with Gasteiger partial charge < -0.3 is 10.6 Å². The van der Waals surface area contributed by atoms with Crippen molar-refractivity contribution in [3.05, 3.63) is 65.2 Å². The zero-order chi connectivity index (χ0) is 20.6. The van der Waals surface area contributed by atoms with Gasteiger partial charge in [0.1, 0.15) is 0 Å². The van der Waals surface area contributed by atoms with Crippen molar-refractivity contribution in [2.24, 2.45) is 11.8 Å². The molecule has 0 saturated heterocycles. The molecule has 0 unspecified atom stereocenters. The first-order valence-electron chi connectivity index (χ1n) is 10.6. The lowest BCUT2D eigenvalue weighted by atomic mass is 9.86. The fraction of sp³-hybridized carbons (Fsp3) is 0.440. The molecule has 0 heterocycles. The highest BCUT2D eigenvalue weighted by atomic mass is 32.1. The topological polar surface area (TPSA) is 41.1 Å². The van der Waals surface area contributed by atoms with Crippen molar-refractivity contribution in [3.8, 4) is 0 Å². The smallest absolute Gasteiger partial charge is 0.193 e. The summed E-state index contributed by atoms with van der Waals surface area (Å²) in [5.41, 5.74) is 3.52. The molecule has 0 amide bonds. The second-order valence-corrected chi connectivity index (χ2v) is 10.0. The molecule has 2 fully saturated rings. The lowest BCUT2D eigenvalue weighted by Crippen LogP contribution is -2.40. The predicted octanol–water partition coefficient (Wildman–Crippen LogP) is 5.69. The van der Waals surface area contributed by atoms with E-state index in [0.29, 0.717) is 22.3 Å². The first-order chi connectivity index (χ1) is 13.8. The molecule has 0 spiro atoms. The van der Waals surface area contributed by atoms with Crippen LogP contribution in [0.15, 0.2) is 48.5 Å². The van der Waals surface area contributed by atoms with Gasteiger partial charge in [-0.2, -0.15) is 0 Å². The Balaban J connectivity index is 1.41. The zero-order valence-electron chi connectivity index (χ0n) is 17.5. The maximum absolute atomic E-state index is 12.9. The molecule has 2 N–H and O–H groups in total. The Bertz CT molecular complexity index is 913. The van der Waals surface area contributed by atoms with Crippen LogP contribution in [-0.4, -0.2) is 16.9 Å². The summed E-state index contributed by atoms with van der Waals surface area (Å²) >= 11 is 5.53. The normalized spacial score (nSPS) is 23.1. The van der Waals surface area contributed by atoms with E-state index in [4.69, 9.17) is 12.2 Å². The minimum atomic E-state index is 0.0288. The molecule has 2 aromatic carbocycles. The SMILES string of the molecule is CC(C)(C)c1ccc(C(=O)c2cccc(NC(=S)N[C@@H]3C[C@H]4CC[C@@H]3C4)c2)cc1. The lowest BCUT2D eigenvalue weighted by Gasteiger charge is -2.24.